The quantitative estimate of drug-likeness (QED) is 0.0678. The third-order valence-electron chi connectivity index (χ3n) is 9.16. The zero-order chi connectivity index (χ0) is 33.2. The van der Waals surface area contributed by atoms with Crippen LogP contribution in [0.1, 0.15) is 213 Å². The minimum Gasteiger partial charge on any atom is -0.481 e. The van der Waals surface area contributed by atoms with Crippen molar-refractivity contribution in [2.24, 2.45) is 0 Å². The molecule has 0 saturated heterocycles. The molecule has 0 fully saturated rings. The molecular formula is C39H76N2O4. The number of carbonyl (C=O) groups is 3. The van der Waals surface area contributed by atoms with Crippen LogP contribution < -0.4 is 5.32 Å². The fourth-order valence-corrected chi connectivity index (χ4v) is 6.17. The van der Waals surface area contributed by atoms with Gasteiger partial charge in [0.2, 0.25) is 11.8 Å². The Kier molecular flexibility index (Phi) is 32.6. The van der Waals surface area contributed by atoms with Crippen LogP contribution in [-0.2, 0) is 14.4 Å². The van der Waals surface area contributed by atoms with E-state index < -0.39 is 12.0 Å². The number of carboxylic acid groups (broad SMARTS) is 1. The van der Waals surface area contributed by atoms with Crippen LogP contribution in [0.15, 0.2) is 0 Å². The van der Waals surface area contributed by atoms with Crippen molar-refractivity contribution in [2.45, 2.75) is 219 Å². The fourth-order valence-electron chi connectivity index (χ4n) is 6.17. The second kappa shape index (κ2) is 33.8. The predicted molar refractivity (Wildman–Crippen MR) is 192 cm³/mol. The first-order chi connectivity index (χ1) is 22.0. The summed E-state index contributed by atoms with van der Waals surface area (Å²) in [5.74, 6) is -1.14. The third kappa shape index (κ3) is 29.6. The molecule has 6 heteroatoms. The molecule has 6 nitrogen and oxygen atoms in total. The molecule has 2 amide bonds. The van der Waals surface area contributed by atoms with Crippen LogP contribution in [0.25, 0.3) is 0 Å². The van der Waals surface area contributed by atoms with Gasteiger partial charge < -0.3 is 15.3 Å². The molecule has 0 aliphatic heterocycles. The zero-order valence-corrected chi connectivity index (χ0v) is 30.3. The van der Waals surface area contributed by atoms with Crippen molar-refractivity contribution in [3.63, 3.8) is 0 Å². The Morgan fingerprint density at radius 3 is 1.18 bits per heavy atom. The van der Waals surface area contributed by atoms with Crippen LogP contribution in [0.3, 0.4) is 0 Å². The fraction of sp³-hybridized carbons (Fsp3) is 0.923. The molecule has 2 N–H and O–H groups in total. The summed E-state index contributed by atoms with van der Waals surface area (Å²) in [6.45, 7) is 8.08. The van der Waals surface area contributed by atoms with E-state index in [-0.39, 0.29) is 24.7 Å². The molecule has 0 radical (unpaired) electrons. The van der Waals surface area contributed by atoms with Gasteiger partial charge in [-0.3, -0.25) is 14.4 Å². The summed E-state index contributed by atoms with van der Waals surface area (Å²) >= 11 is 0. The van der Waals surface area contributed by atoms with Gasteiger partial charge in [0, 0.05) is 25.9 Å². The van der Waals surface area contributed by atoms with E-state index in [4.69, 9.17) is 0 Å². The second-order valence-corrected chi connectivity index (χ2v) is 13.6. The van der Waals surface area contributed by atoms with E-state index in [0.717, 1.165) is 44.9 Å². The first-order valence-corrected chi connectivity index (χ1v) is 19.8. The number of nitrogens with zero attached hydrogens (tertiary/aromatic N) is 1. The lowest BCUT2D eigenvalue weighted by molar-refractivity contribution is -0.139. The molecular weight excluding hydrogens is 560 g/mol. The summed E-state index contributed by atoms with van der Waals surface area (Å²) < 4.78 is 0. The summed E-state index contributed by atoms with van der Waals surface area (Å²) in [5, 5.41) is 12.3. The average Bonchev–Trinajstić information content (AvgIpc) is 3.02. The molecule has 0 rings (SSSR count). The van der Waals surface area contributed by atoms with Gasteiger partial charge in [0.1, 0.15) is 6.04 Å². The monoisotopic (exact) mass is 637 g/mol. The van der Waals surface area contributed by atoms with Crippen LogP contribution in [0.5, 0.6) is 0 Å². The molecule has 0 saturated carbocycles. The molecule has 0 aromatic rings. The molecule has 0 aromatic heterocycles. The largest absolute Gasteiger partial charge is 0.481 e. The van der Waals surface area contributed by atoms with Crippen molar-refractivity contribution < 1.29 is 19.5 Å². The van der Waals surface area contributed by atoms with Gasteiger partial charge in [-0.05, 0) is 25.7 Å². The number of hydrogen-bond donors (Lipinski definition) is 2. The highest BCUT2D eigenvalue weighted by Crippen LogP contribution is 2.15. The second-order valence-electron chi connectivity index (χ2n) is 13.6. The first-order valence-electron chi connectivity index (χ1n) is 19.8. The van der Waals surface area contributed by atoms with E-state index in [9.17, 15) is 19.5 Å². The van der Waals surface area contributed by atoms with Crippen molar-refractivity contribution in [2.75, 3.05) is 13.1 Å². The molecule has 266 valence electrons. The highest BCUT2D eigenvalue weighted by Gasteiger charge is 2.26. The maximum absolute atomic E-state index is 13.7. The zero-order valence-electron chi connectivity index (χ0n) is 30.3. The Hall–Kier alpha value is -1.59. The first kappa shape index (κ1) is 43.4. The molecule has 0 aliphatic carbocycles. The standard InChI is InChI=1S/C39H76N2O4/c1-4-7-10-13-16-17-18-19-20-21-22-23-24-25-28-31-37(42)40-36(32-33-38(43)44)39(45)41(34-29-26-14-11-8-5-2)35-30-27-15-12-9-6-3/h36H,4-35H2,1-3H3,(H,40,42)(H,43,44). The van der Waals surface area contributed by atoms with Crippen molar-refractivity contribution in [1.29, 1.82) is 0 Å². The van der Waals surface area contributed by atoms with Crippen LogP contribution in [-0.4, -0.2) is 46.9 Å². The van der Waals surface area contributed by atoms with Gasteiger partial charge in [0.05, 0.1) is 0 Å². The van der Waals surface area contributed by atoms with Crippen LogP contribution >= 0.6 is 0 Å². The molecule has 0 bridgehead atoms. The van der Waals surface area contributed by atoms with Crippen LogP contribution in [0.4, 0.5) is 0 Å². The van der Waals surface area contributed by atoms with E-state index >= 15 is 0 Å². The number of amides is 2. The van der Waals surface area contributed by atoms with Crippen molar-refractivity contribution >= 4 is 17.8 Å². The molecule has 0 heterocycles. The van der Waals surface area contributed by atoms with Gasteiger partial charge >= 0.3 is 5.97 Å². The number of nitrogens with one attached hydrogen (secondary N) is 1. The summed E-state index contributed by atoms with van der Waals surface area (Å²) in [5.41, 5.74) is 0. The van der Waals surface area contributed by atoms with E-state index in [1.54, 1.807) is 0 Å². The van der Waals surface area contributed by atoms with E-state index in [1.807, 2.05) is 4.90 Å². The Bertz CT molecular complexity index is 668. The van der Waals surface area contributed by atoms with Gasteiger partial charge in [-0.2, -0.15) is 0 Å². The summed E-state index contributed by atoms with van der Waals surface area (Å²) in [7, 11) is 0. The lowest BCUT2D eigenvalue weighted by Gasteiger charge is -2.28. The average molecular weight is 637 g/mol. The number of unbranched alkanes of at least 4 members (excludes halogenated alkanes) is 24. The van der Waals surface area contributed by atoms with Gasteiger partial charge in [-0.15, -0.1) is 0 Å². The summed E-state index contributed by atoms with van der Waals surface area (Å²) in [4.78, 5) is 39.8. The van der Waals surface area contributed by atoms with Gasteiger partial charge in [0.25, 0.3) is 0 Å². The lowest BCUT2D eigenvalue weighted by atomic mass is 10.0. The highest BCUT2D eigenvalue weighted by molar-refractivity contribution is 5.88. The van der Waals surface area contributed by atoms with Gasteiger partial charge in [0.15, 0.2) is 0 Å². The molecule has 0 spiro atoms. The number of rotatable bonds is 35. The Labute approximate surface area is 279 Å². The molecule has 1 atom stereocenters. The summed E-state index contributed by atoms with van der Waals surface area (Å²) in [6.07, 6.45) is 33.6. The maximum Gasteiger partial charge on any atom is 0.303 e. The molecule has 1 unspecified atom stereocenters. The molecule has 0 aromatic carbocycles. The van der Waals surface area contributed by atoms with Crippen molar-refractivity contribution in [1.82, 2.24) is 10.2 Å². The molecule has 45 heavy (non-hydrogen) atoms. The Balaban J connectivity index is 4.51. The normalized spacial score (nSPS) is 11.9. The number of carbonyl (C=O) groups excluding carboxylic acids is 2. The Morgan fingerprint density at radius 2 is 0.822 bits per heavy atom. The minimum atomic E-state index is -0.928. The summed E-state index contributed by atoms with van der Waals surface area (Å²) in [6, 6.07) is -0.745. The predicted octanol–water partition coefficient (Wildman–Crippen LogP) is 11.1. The van der Waals surface area contributed by atoms with E-state index in [2.05, 4.69) is 26.1 Å². The number of carboxylic acids is 1. The van der Waals surface area contributed by atoms with Crippen molar-refractivity contribution in [3.8, 4) is 0 Å². The highest BCUT2D eigenvalue weighted by atomic mass is 16.4. The van der Waals surface area contributed by atoms with Gasteiger partial charge in [-0.25, -0.2) is 0 Å². The van der Waals surface area contributed by atoms with Crippen LogP contribution in [0, 0.1) is 0 Å². The third-order valence-corrected chi connectivity index (χ3v) is 9.16. The van der Waals surface area contributed by atoms with E-state index in [1.165, 1.54) is 128 Å². The van der Waals surface area contributed by atoms with Gasteiger partial charge in [-0.1, -0.05) is 175 Å². The number of aliphatic carboxylic acids is 1. The topological polar surface area (TPSA) is 86.7 Å². The smallest absolute Gasteiger partial charge is 0.303 e. The van der Waals surface area contributed by atoms with Crippen molar-refractivity contribution in [3.05, 3.63) is 0 Å². The number of hydrogen-bond acceptors (Lipinski definition) is 3. The molecule has 0 aliphatic rings. The van der Waals surface area contributed by atoms with Crippen LogP contribution in [0.2, 0.25) is 0 Å². The minimum absolute atomic E-state index is 0.0943. The SMILES string of the molecule is CCCCCCCCCCCCCCCCCC(=O)NC(CCC(=O)O)C(=O)N(CCCCCCCC)CCCCCCCC. The Morgan fingerprint density at radius 1 is 0.489 bits per heavy atom. The lowest BCUT2D eigenvalue weighted by Crippen LogP contribution is -2.49. The van der Waals surface area contributed by atoms with E-state index in [0.29, 0.717) is 19.5 Å². The maximum atomic E-state index is 13.7.